The Morgan fingerprint density at radius 3 is 2.23 bits per heavy atom. The molecular weight excluding hydrogens is 492 g/mol. The minimum atomic E-state index is 0.419. The van der Waals surface area contributed by atoms with Gasteiger partial charge in [0.05, 0.1) is 38.1 Å². The molecule has 2 heterocycles. The highest BCUT2D eigenvalue weighted by Gasteiger charge is 2.22. The van der Waals surface area contributed by atoms with Gasteiger partial charge in [-0.2, -0.15) is 0 Å². The van der Waals surface area contributed by atoms with E-state index in [-0.39, 0.29) is 0 Å². The molecule has 1 saturated heterocycles. The molecule has 1 aliphatic heterocycles. The van der Waals surface area contributed by atoms with Crippen molar-refractivity contribution in [2.75, 3.05) is 52.8 Å². The van der Waals surface area contributed by atoms with E-state index in [0.717, 1.165) is 72.9 Å². The first kappa shape index (κ1) is 26.5. The molecule has 0 bridgehead atoms. The largest absolute Gasteiger partial charge is 0.493 e. The lowest BCUT2D eigenvalue weighted by Crippen LogP contribution is -2.45. The van der Waals surface area contributed by atoms with Crippen LogP contribution in [0.4, 0.5) is 11.4 Å². The number of hydrogen-bond donors (Lipinski definition) is 1. The van der Waals surface area contributed by atoms with Gasteiger partial charge in [-0.3, -0.25) is 19.6 Å². The van der Waals surface area contributed by atoms with Gasteiger partial charge in [0.1, 0.15) is 0 Å². The van der Waals surface area contributed by atoms with Gasteiger partial charge in [0.25, 0.3) is 0 Å². The van der Waals surface area contributed by atoms with Crippen molar-refractivity contribution in [2.45, 2.75) is 13.1 Å². The van der Waals surface area contributed by atoms with Crippen LogP contribution < -0.4 is 19.5 Å². The van der Waals surface area contributed by atoms with Gasteiger partial charge in [0.15, 0.2) is 11.5 Å². The van der Waals surface area contributed by atoms with E-state index in [1.54, 1.807) is 27.5 Å². The zero-order valence-electron chi connectivity index (χ0n) is 22.6. The van der Waals surface area contributed by atoms with Crippen LogP contribution in [0, 0.1) is 0 Å². The van der Waals surface area contributed by atoms with Crippen LogP contribution in [0.5, 0.6) is 17.2 Å². The molecule has 0 atom stereocenters. The van der Waals surface area contributed by atoms with Gasteiger partial charge in [-0.15, -0.1) is 0 Å². The van der Waals surface area contributed by atoms with Crippen LogP contribution in [0.2, 0.25) is 0 Å². The third-order valence-electron chi connectivity index (χ3n) is 7.14. The van der Waals surface area contributed by atoms with Gasteiger partial charge in [0, 0.05) is 62.1 Å². The van der Waals surface area contributed by atoms with Gasteiger partial charge in [-0.25, -0.2) is 0 Å². The minimum absolute atomic E-state index is 0.419. The maximum absolute atomic E-state index is 11.7. The molecule has 39 heavy (non-hydrogen) atoms. The number of nitrogens with zero attached hydrogens (tertiary/aromatic N) is 3. The summed E-state index contributed by atoms with van der Waals surface area (Å²) in [7, 11) is 4.92. The molecule has 1 fully saturated rings. The van der Waals surface area contributed by atoms with Crippen LogP contribution in [0.1, 0.15) is 16.7 Å². The van der Waals surface area contributed by atoms with Crippen LogP contribution in [-0.4, -0.2) is 68.6 Å². The Morgan fingerprint density at radius 2 is 1.56 bits per heavy atom. The molecule has 5 rings (SSSR count). The topological polar surface area (TPSA) is 76.2 Å². The van der Waals surface area contributed by atoms with Crippen LogP contribution in [0.15, 0.2) is 66.9 Å². The van der Waals surface area contributed by atoms with Crippen molar-refractivity contribution in [3.8, 4) is 17.2 Å². The molecule has 0 unspecified atom stereocenters. The van der Waals surface area contributed by atoms with Crippen molar-refractivity contribution in [3.05, 3.63) is 83.6 Å². The summed E-state index contributed by atoms with van der Waals surface area (Å²) in [6, 6.07) is 20.1. The summed E-state index contributed by atoms with van der Waals surface area (Å²) in [5, 5.41) is 4.31. The number of piperazine rings is 1. The molecule has 4 aromatic rings. The smallest absolute Gasteiger partial charge is 0.237 e. The van der Waals surface area contributed by atoms with Gasteiger partial charge >= 0.3 is 0 Å². The van der Waals surface area contributed by atoms with E-state index in [2.05, 4.69) is 32.2 Å². The number of fused-ring (bicyclic) bond motifs is 1. The van der Waals surface area contributed by atoms with E-state index in [0.29, 0.717) is 17.1 Å². The molecular formula is C31H33N4O4. The van der Waals surface area contributed by atoms with Gasteiger partial charge in [-0.1, -0.05) is 30.3 Å². The Balaban J connectivity index is 1.28. The average molecular weight is 526 g/mol. The second-order valence-corrected chi connectivity index (χ2v) is 9.54. The lowest BCUT2D eigenvalue weighted by molar-refractivity contribution is 0.121. The van der Waals surface area contributed by atoms with Gasteiger partial charge < -0.3 is 19.5 Å². The van der Waals surface area contributed by atoms with Crippen molar-refractivity contribution >= 4 is 28.6 Å². The van der Waals surface area contributed by atoms with Crippen molar-refractivity contribution in [3.63, 3.8) is 0 Å². The molecule has 0 amide bonds. The zero-order valence-corrected chi connectivity index (χ0v) is 22.6. The molecule has 0 saturated carbocycles. The van der Waals surface area contributed by atoms with Crippen molar-refractivity contribution in [2.24, 2.45) is 0 Å². The molecule has 1 N–H and O–H groups in total. The van der Waals surface area contributed by atoms with E-state index in [4.69, 9.17) is 14.2 Å². The number of rotatable bonds is 10. The standard InChI is InChI=1S/C31H33N4O4/c1-37-28-12-10-23(30(38-2)31(28)39-3)20-35-15-13-34(14-16-35)19-22-9-11-27-26(17-22)29(24(21-36)18-32-27)33-25-7-5-4-6-8-25/h4-12,17-18H,13-16,19-20H2,1-3H3,(H,32,33). The van der Waals surface area contributed by atoms with Gasteiger partial charge in [0.2, 0.25) is 12.0 Å². The SMILES string of the molecule is COc1ccc(CN2CCN(Cc3ccc4ncc([C]=O)c(Nc5ccccc5)c4c3)CC2)c(OC)c1OC. The fourth-order valence-corrected chi connectivity index (χ4v) is 5.11. The van der Waals surface area contributed by atoms with Crippen LogP contribution in [-0.2, 0) is 17.9 Å². The molecule has 3 aromatic carbocycles. The third-order valence-corrected chi connectivity index (χ3v) is 7.14. The Bertz CT molecular complexity index is 1440. The Labute approximate surface area is 229 Å². The normalized spacial score (nSPS) is 14.2. The van der Waals surface area contributed by atoms with E-state index in [1.165, 1.54) is 5.56 Å². The number of ether oxygens (including phenoxy) is 3. The quantitative estimate of drug-likeness (QED) is 0.317. The summed E-state index contributed by atoms with van der Waals surface area (Å²) in [5.74, 6) is 2.00. The van der Waals surface area contributed by atoms with Crippen molar-refractivity contribution in [1.82, 2.24) is 14.8 Å². The summed E-state index contributed by atoms with van der Waals surface area (Å²) in [4.78, 5) is 21.1. The summed E-state index contributed by atoms with van der Waals surface area (Å²) in [5.41, 5.74) is 5.16. The predicted octanol–water partition coefficient (Wildman–Crippen LogP) is 4.78. The number of aromatic nitrogens is 1. The molecule has 8 heteroatoms. The maximum atomic E-state index is 11.7. The monoisotopic (exact) mass is 525 g/mol. The molecule has 0 spiro atoms. The first-order valence-corrected chi connectivity index (χ1v) is 13.0. The minimum Gasteiger partial charge on any atom is -0.493 e. The molecule has 8 nitrogen and oxygen atoms in total. The first-order chi connectivity index (χ1) is 19.1. The van der Waals surface area contributed by atoms with E-state index >= 15 is 0 Å². The molecule has 1 aliphatic rings. The highest BCUT2D eigenvalue weighted by molar-refractivity contribution is 6.01. The number of pyridine rings is 1. The number of hydrogen-bond acceptors (Lipinski definition) is 8. The third kappa shape index (κ3) is 5.82. The van der Waals surface area contributed by atoms with E-state index in [9.17, 15) is 4.79 Å². The first-order valence-electron chi connectivity index (χ1n) is 13.0. The summed E-state index contributed by atoms with van der Waals surface area (Å²) in [6.45, 7) is 5.38. The fourth-order valence-electron chi connectivity index (χ4n) is 5.11. The van der Waals surface area contributed by atoms with Gasteiger partial charge in [-0.05, 0) is 35.9 Å². The Kier molecular flexibility index (Phi) is 8.24. The molecule has 0 aliphatic carbocycles. The number of nitrogens with one attached hydrogen (secondary N) is 1. The second-order valence-electron chi connectivity index (χ2n) is 9.54. The average Bonchev–Trinajstić information content (AvgIpc) is 2.98. The molecule has 201 valence electrons. The number of anilines is 2. The van der Waals surface area contributed by atoms with Crippen molar-refractivity contribution < 1.29 is 19.0 Å². The van der Waals surface area contributed by atoms with Crippen LogP contribution in [0.25, 0.3) is 10.9 Å². The lowest BCUT2D eigenvalue weighted by atomic mass is 10.1. The van der Waals surface area contributed by atoms with E-state index in [1.807, 2.05) is 54.8 Å². The second kappa shape index (κ2) is 12.1. The number of carbonyl (C=O) groups excluding carboxylic acids is 1. The Morgan fingerprint density at radius 1 is 0.846 bits per heavy atom. The molecule has 1 radical (unpaired) electrons. The highest BCUT2D eigenvalue weighted by atomic mass is 16.5. The number of para-hydroxylation sites is 1. The summed E-state index contributed by atoms with van der Waals surface area (Å²) < 4.78 is 16.6. The number of benzene rings is 3. The summed E-state index contributed by atoms with van der Waals surface area (Å²) >= 11 is 0. The van der Waals surface area contributed by atoms with Crippen LogP contribution in [0.3, 0.4) is 0 Å². The molecule has 1 aromatic heterocycles. The van der Waals surface area contributed by atoms with Crippen molar-refractivity contribution in [1.29, 1.82) is 0 Å². The predicted molar refractivity (Wildman–Crippen MR) is 153 cm³/mol. The Hall–Kier alpha value is -4.14. The van der Waals surface area contributed by atoms with Crippen LogP contribution >= 0.6 is 0 Å². The zero-order chi connectivity index (χ0) is 27.2. The number of methoxy groups -OCH3 is 3. The highest BCUT2D eigenvalue weighted by Crippen LogP contribution is 2.40. The lowest BCUT2D eigenvalue weighted by Gasteiger charge is -2.35. The maximum Gasteiger partial charge on any atom is 0.237 e. The summed E-state index contributed by atoms with van der Waals surface area (Å²) in [6.07, 6.45) is 3.62. The van der Waals surface area contributed by atoms with E-state index < -0.39 is 0 Å². The fraction of sp³-hybridized carbons (Fsp3) is 0.290.